The van der Waals surface area contributed by atoms with Gasteiger partial charge in [0.25, 0.3) is 0 Å². The summed E-state index contributed by atoms with van der Waals surface area (Å²) in [4.78, 5) is 6.76. The summed E-state index contributed by atoms with van der Waals surface area (Å²) in [6.45, 7) is 13.2. The van der Waals surface area contributed by atoms with Gasteiger partial charge in [0.15, 0.2) is 0 Å². The average molecular weight is 326 g/mol. The molecule has 2 aliphatic rings. The molecule has 128 valence electrons. The van der Waals surface area contributed by atoms with E-state index in [-0.39, 0.29) is 18.3 Å². The van der Waals surface area contributed by atoms with Crippen LogP contribution in [0.3, 0.4) is 0 Å². The van der Waals surface area contributed by atoms with Gasteiger partial charge in [0.1, 0.15) is 6.67 Å². The molecule has 0 saturated carbocycles. The van der Waals surface area contributed by atoms with Crippen LogP contribution < -0.4 is 10.4 Å². The van der Waals surface area contributed by atoms with Crippen LogP contribution in [0.5, 0.6) is 0 Å². The predicted octanol–water partition coefficient (Wildman–Crippen LogP) is 3.44. The van der Waals surface area contributed by atoms with Gasteiger partial charge in [0, 0.05) is 17.6 Å². The van der Waals surface area contributed by atoms with Crippen molar-refractivity contribution in [3.8, 4) is 0 Å². The summed E-state index contributed by atoms with van der Waals surface area (Å²) in [5, 5.41) is 0. The minimum Gasteiger partial charge on any atom is -0.399 e. The van der Waals surface area contributed by atoms with Crippen molar-refractivity contribution in [1.29, 1.82) is 0 Å². The van der Waals surface area contributed by atoms with Crippen LogP contribution in [0.25, 0.3) is 0 Å². The number of rotatable bonds is 3. The molecule has 24 heavy (non-hydrogen) atoms. The minimum absolute atomic E-state index is 0.326. The minimum atomic E-state index is -0.336. The molecule has 1 saturated heterocycles. The third-order valence-corrected chi connectivity index (χ3v) is 5.18. The molecule has 4 nitrogen and oxygen atoms in total. The monoisotopic (exact) mass is 326 g/mol. The molecule has 0 spiro atoms. The molecule has 0 N–H and O–H groups in total. The van der Waals surface area contributed by atoms with Crippen molar-refractivity contribution in [3.63, 3.8) is 0 Å². The second-order valence-corrected chi connectivity index (χ2v) is 7.62. The van der Waals surface area contributed by atoms with Gasteiger partial charge in [-0.3, -0.25) is 4.99 Å². The van der Waals surface area contributed by atoms with Crippen molar-refractivity contribution in [1.82, 2.24) is 0 Å². The van der Waals surface area contributed by atoms with Crippen LogP contribution in [-0.4, -0.2) is 30.7 Å². The van der Waals surface area contributed by atoms with E-state index in [0.29, 0.717) is 6.67 Å². The van der Waals surface area contributed by atoms with Crippen molar-refractivity contribution in [3.05, 3.63) is 36.0 Å². The van der Waals surface area contributed by atoms with Crippen LogP contribution in [-0.2, 0) is 9.31 Å². The maximum absolute atomic E-state index is 6.20. The zero-order valence-electron chi connectivity index (χ0n) is 15.6. The second-order valence-electron chi connectivity index (χ2n) is 7.62. The van der Waals surface area contributed by atoms with E-state index in [1.54, 1.807) is 0 Å². The fourth-order valence-electron chi connectivity index (χ4n) is 2.91. The first-order chi connectivity index (χ1) is 11.2. The zero-order valence-corrected chi connectivity index (χ0v) is 15.6. The lowest BCUT2D eigenvalue weighted by atomic mass is 9.78. The van der Waals surface area contributed by atoms with Crippen LogP contribution in [0.2, 0.25) is 0 Å². The van der Waals surface area contributed by atoms with E-state index in [9.17, 15) is 0 Å². The maximum Gasteiger partial charge on any atom is 0.494 e. The van der Waals surface area contributed by atoms with Crippen molar-refractivity contribution < 1.29 is 9.31 Å². The number of aliphatic imine (C=N–C) groups is 1. The summed E-state index contributed by atoms with van der Waals surface area (Å²) in [6.07, 6.45) is 5.16. The first kappa shape index (κ1) is 17.2. The van der Waals surface area contributed by atoms with Gasteiger partial charge in [0.2, 0.25) is 0 Å². The Morgan fingerprint density at radius 2 is 1.79 bits per heavy atom. The Morgan fingerprint density at radius 1 is 1.12 bits per heavy atom. The van der Waals surface area contributed by atoms with E-state index in [0.717, 1.165) is 23.3 Å². The third kappa shape index (κ3) is 3.15. The first-order valence-corrected chi connectivity index (χ1v) is 8.67. The van der Waals surface area contributed by atoms with Gasteiger partial charge >= 0.3 is 7.12 Å². The summed E-state index contributed by atoms with van der Waals surface area (Å²) in [7, 11) is -0.336. The zero-order chi connectivity index (χ0) is 17.5. The summed E-state index contributed by atoms with van der Waals surface area (Å²) in [6, 6.07) is 6.46. The lowest BCUT2D eigenvalue weighted by Crippen LogP contribution is -2.41. The fourth-order valence-corrected chi connectivity index (χ4v) is 2.91. The molecule has 1 fully saturated rings. The van der Waals surface area contributed by atoms with Crippen LogP contribution in [0.15, 0.2) is 35.5 Å². The molecule has 0 aromatic heterocycles. The molecule has 2 aliphatic heterocycles. The summed E-state index contributed by atoms with van der Waals surface area (Å²) in [5.74, 6) is 0. The SMILES string of the molecule is CCC1=NCN(c2cc(C)cc(B3OC(C)(C)C(C)(C)O3)c2)C=C1. The highest BCUT2D eigenvalue weighted by atomic mass is 16.7. The normalized spacial score (nSPS) is 22.0. The van der Waals surface area contributed by atoms with Crippen molar-refractivity contribution >= 4 is 24.0 Å². The molecule has 3 rings (SSSR count). The van der Waals surface area contributed by atoms with Gasteiger partial charge in [0.05, 0.1) is 11.2 Å². The van der Waals surface area contributed by atoms with E-state index in [4.69, 9.17) is 9.31 Å². The van der Waals surface area contributed by atoms with Gasteiger partial charge in [-0.25, -0.2) is 0 Å². The van der Waals surface area contributed by atoms with Crippen molar-refractivity contribution in [2.24, 2.45) is 4.99 Å². The molecule has 0 radical (unpaired) electrons. The Morgan fingerprint density at radius 3 is 2.33 bits per heavy atom. The quantitative estimate of drug-likeness (QED) is 0.798. The van der Waals surface area contributed by atoms with Gasteiger partial charge in [-0.2, -0.15) is 0 Å². The average Bonchev–Trinajstić information content (AvgIpc) is 2.75. The molecular weight excluding hydrogens is 299 g/mol. The third-order valence-electron chi connectivity index (χ3n) is 5.18. The molecule has 0 atom stereocenters. The van der Waals surface area contributed by atoms with Crippen LogP contribution in [0, 0.1) is 6.92 Å². The molecule has 0 aliphatic carbocycles. The standard InChI is InChI=1S/C19H27BN2O2/c1-7-16-8-9-22(13-21-16)17-11-14(2)10-15(12-17)20-23-18(3,4)19(5,6)24-20/h8-12H,7,13H2,1-6H3. The molecule has 0 bridgehead atoms. The second kappa shape index (κ2) is 6.05. The highest BCUT2D eigenvalue weighted by Gasteiger charge is 2.51. The van der Waals surface area contributed by atoms with Crippen molar-refractivity contribution in [2.75, 3.05) is 11.6 Å². The lowest BCUT2D eigenvalue weighted by molar-refractivity contribution is 0.00578. The number of nitrogens with zero attached hydrogens (tertiary/aromatic N) is 2. The van der Waals surface area contributed by atoms with E-state index >= 15 is 0 Å². The highest BCUT2D eigenvalue weighted by molar-refractivity contribution is 6.62. The lowest BCUT2D eigenvalue weighted by Gasteiger charge is -2.32. The number of hydrogen-bond acceptors (Lipinski definition) is 4. The van der Waals surface area contributed by atoms with Crippen molar-refractivity contribution in [2.45, 2.75) is 59.2 Å². The summed E-state index contributed by atoms with van der Waals surface area (Å²) >= 11 is 0. The Labute approximate surface area is 145 Å². The van der Waals surface area contributed by atoms with Crippen LogP contribution in [0.1, 0.15) is 46.6 Å². The van der Waals surface area contributed by atoms with E-state index < -0.39 is 0 Å². The molecule has 5 heteroatoms. The number of aryl methyl sites for hydroxylation is 1. The van der Waals surface area contributed by atoms with E-state index in [2.05, 4.69) is 81.9 Å². The Balaban J connectivity index is 1.86. The summed E-state index contributed by atoms with van der Waals surface area (Å²) < 4.78 is 12.4. The number of anilines is 1. The Bertz CT molecular complexity index is 679. The molecular formula is C19H27BN2O2. The topological polar surface area (TPSA) is 34.1 Å². The van der Waals surface area contributed by atoms with Gasteiger partial charge in [-0.05, 0) is 70.3 Å². The van der Waals surface area contributed by atoms with Gasteiger partial charge in [-0.15, -0.1) is 0 Å². The molecule has 0 amide bonds. The first-order valence-electron chi connectivity index (χ1n) is 8.67. The predicted molar refractivity (Wildman–Crippen MR) is 101 cm³/mol. The molecule has 2 heterocycles. The fraction of sp³-hybridized carbons (Fsp3) is 0.526. The number of allylic oxidation sites excluding steroid dienone is 1. The molecule has 0 unspecified atom stereocenters. The molecule has 1 aromatic carbocycles. The number of benzene rings is 1. The molecule has 1 aromatic rings. The van der Waals surface area contributed by atoms with Gasteiger partial charge in [-0.1, -0.05) is 13.0 Å². The van der Waals surface area contributed by atoms with E-state index in [1.165, 1.54) is 5.56 Å². The summed E-state index contributed by atoms with van der Waals surface area (Å²) in [5.41, 5.74) is 3.86. The van der Waals surface area contributed by atoms with E-state index in [1.807, 2.05) is 0 Å². The Hall–Kier alpha value is -1.59. The van der Waals surface area contributed by atoms with Crippen LogP contribution in [0.4, 0.5) is 5.69 Å². The smallest absolute Gasteiger partial charge is 0.399 e. The number of hydrogen-bond donors (Lipinski definition) is 0. The highest BCUT2D eigenvalue weighted by Crippen LogP contribution is 2.36. The maximum atomic E-state index is 6.20. The van der Waals surface area contributed by atoms with Gasteiger partial charge < -0.3 is 14.2 Å². The van der Waals surface area contributed by atoms with Crippen LogP contribution >= 0.6 is 0 Å². The largest absolute Gasteiger partial charge is 0.494 e. The Kier molecular flexibility index (Phi) is 4.35.